The number of hydrogen-bond donors (Lipinski definition) is 2. The summed E-state index contributed by atoms with van der Waals surface area (Å²) in [5, 5.41) is 0. The molecule has 2 amide bonds. The normalized spacial score (nSPS) is 15.3. The van der Waals surface area contributed by atoms with E-state index in [1.165, 1.54) is 16.7 Å². The third-order valence-electron chi connectivity index (χ3n) is 3.70. The molecule has 2 N–H and O–H groups in total. The van der Waals surface area contributed by atoms with Crippen LogP contribution in [-0.4, -0.2) is 27.6 Å². The Hall–Kier alpha value is -2.16. The summed E-state index contributed by atoms with van der Waals surface area (Å²) in [4.78, 5) is 26.6. The smallest absolute Gasteiger partial charge is 0.266 e. The molecule has 2 aromatic carbocycles. The van der Waals surface area contributed by atoms with Crippen molar-refractivity contribution in [3.8, 4) is 0 Å². The van der Waals surface area contributed by atoms with E-state index in [4.69, 9.17) is 12.2 Å². The topological polar surface area (TPSA) is 61.4 Å². The molecule has 1 saturated heterocycles. The zero-order valence-electron chi connectivity index (χ0n) is 14.1. The van der Waals surface area contributed by atoms with Gasteiger partial charge in [0.25, 0.3) is 5.91 Å². The summed E-state index contributed by atoms with van der Waals surface area (Å²) >= 11 is 9.97. The summed E-state index contributed by atoms with van der Waals surface area (Å²) in [6.45, 7) is 0.239. The predicted molar refractivity (Wildman–Crippen MR) is 117 cm³/mol. The highest BCUT2D eigenvalue weighted by Crippen LogP contribution is 2.32. The molecular weight excluding hydrogens is 446 g/mol. The number of para-hydroxylation sites is 1. The van der Waals surface area contributed by atoms with Gasteiger partial charge in [-0.3, -0.25) is 25.3 Å². The summed E-state index contributed by atoms with van der Waals surface area (Å²) in [6.07, 6.45) is 1.96. The van der Waals surface area contributed by atoms with Gasteiger partial charge in [-0.05, 0) is 35.9 Å². The number of carbonyl (C=O) groups is 2. The van der Waals surface area contributed by atoms with E-state index in [1.807, 2.05) is 54.6 Å². The van der Waals surface area contributed by atoms with Crippen molar-refractivity contribution in [2.45, 2.75) is 6.42 Å². The SMILES string of the molecule is O=C(CCN1C(=O)C(=Cc2cccc(Br)c2)SC1=S)NNc1ccccc1. The molecule has 1 heterocycles. The predicted octanol–water partition coefficient (Wildman–Crippen LogP) is 4.18. The van der Waals surface area contributed by atoms with Crippen molar-refractivity contribution in [2.24, 2.45) is 0 Å². The minimum absolute atomic E-state index is 0.149. The van der Waals surface area contributed by atoms with E-state index in [1.54, 1.807) is 6.08 Å². The van der Waals surface area contributed by atoms with E-state index < -0.39 is 0 Å². The second-order valence-electron chi connectivity index (χ2n) is 5.68. The van der Waals surface area contributed by atoms with Gasteiger partial charge in [-0.15, -0.1) is 0 Å². The molecule has 0 spiro atoms. The minimum Gasteiger partial charge on any atom is -0.299 e. The van der Waals surface area contributed by atoms with Gasteiger partial charge in [0.05, 0.1) is 10.6 Å². The number of thiocarbonyl (C=S) groups is 1. The lowest BCUT2D eigenvalue weighted by atomic mass is 10.2. The largest absolute Gasteiger partial charge is 0.299 e. The molecule has 0 unspecified atom stereocenters. The van der Waals surface area contributed by atoms with E-state index in [-0.39, 0.29) is 24.8 Å². The lowest BCUT2D eigenvalue weighted by Crippen LogP contribution is -2.35. The molecule has 1 aliphatic rings. The maximum Gasteiger partial charge on any atom is 0.266 e. The molecular formula is C19H16BrN3O2S2. The summed E-state index contributed by atoms with van der Waals surface area (Å²) in [5.74, 6) is -0.391. The van der Waals surface area contributed by atoms with Crippen molar-refractivity contribution in [3.05, 3.63) is 69.5 Å². The van der Waals surface area contributed by atoms with Crippen LogP contribution >= 0.6 is 39.9 Å². The Labute approximate surface area is 175 Å². The van der Waals surface area contributed by atoms with Crippen LogP contribution in [0.3, 0.4) is 0 Å². The number of hydrogen-bond acceptors (Lipinski definition) is 5. The maximum atomic E-state index is 12.6. The van der Waals surface area contributed by atoms with Gasteiger partial charge in [0.15, 0.2) is 0 Å². The van der Waals surface area contributed by atoms with Gasteiger partial charge in [0.2, 0.25) is 5.91 Å². The van der Waals surface area contributed by atoms with Crippen LogP contribution in [0.4, 0.5) is 5.69 Å². The quantitative estimate of drug-likeness (QED) is 0.383. The average molecular weight is 462 g/mol. The molecule has 138 valence electrons. The van der Waals surface area contributed by atoms with Gasteiger partial charge >= 0.3 is 0 Å². The van der Waals surface area contributed by atoms with Crippen molar-refractivity contribution in [1.82, 2.24) is 10.3 Å². The molecule has 3 rings (SSSR count). The van der Waals surface area contributed by atoms with Gasteiger partial charge in [-0.25, -0.2) is 0 Å². The average Bonchev–Trinajstić information content (AvgIpc) is 2.92. The van der Waals surface area contributed by atoms with Crippen molar-refractivity contribution >= 4 is 67.8 Å². The van der Waals surface area contributed by atoms with Crippen molar-refractivity contribution in [1.29, 1.82) is 0 Å². The number of halogens is 1. The number of carbonyl (C=O) groups excluding carboxylic acids is 2. The zero-order chi connectivity index (χ0) is 19.2. The lowest BCUT2D eigenvalue weighted by Gasteiger charge is -2.14. The Bertz CT molecular complexity index is 903. The monoisotopic (exact) mass is 461 g/mol. The van der Waals surface area contributed by atoms with E-state index in [2.05, 4.69) is 26.8 Å². The highest BCUT2D eigenvalue weighted by molar-refractivity contribution is 9.10. The zero-order valence-corrected chi connectivity index (χ0v) is 17.4. The van der Waals surface area contributed by atoms with Crippen LogP contribution in [0.15, 0.2) is 64.0 Å². The number of nitrogens with one attached hydrogen (secondary N) is 2. The van der Waals surface area contributed by atoms with Crippen LogP contribution in [0, 0.1) is 0 Å². The Morgan fingerprint density at radius 3 is 2.70 bits per heavy atom. The number of benzene rings is 2. The first-order valence-electron chi connectivity index (χ1n) is 8.14. The van der Waals surface area contributed by atoms with E-state index in [9.17, 15) is 9.59 Å². The highest BCUT2D eigenvalue weighted by atomic mass is 79.9. The van der Waals surface area contributed by atoms with Gasteiger partial charge in [-0.2, -0.15) is 0 Å². The fourth-order valence-corrected chi connectivity index (χ4v) is 4.11. The summed E-state index contributed by atoms with van der Waals surface area (Å²) in [6, 6.07) is 17.0. The van der Waals surface area contributed by atoms with Crippen LogP contribution in [0.1, 0.15) is 12.0 Å². The van der Waals surface area contributed by atoms with Crippen LogP contribution < -0.4 is 10.9 Å². The van der Waals surface area contributed by atoms with Crippen molar-refractivity contribution in [2.75, 3.05) is 12.0 Å². The molecule has 27 heavy (non-hydrogen) atoms. The third kappa shape index (κ3) is 5.41. The fraction of sp³-hybridized carbons (Fsp3) is 0.105. The summed E-state index contributed by atoms with van der Waals surface area (Å²) < 4.78 is 1.40. The van der Waals surface area contributed by atoms with Crippen LogP contribution in [0.5, 0.6) is 0 Å². The maximum absolute atomic E-state index is 12.6. The van der Waals surface area contributed by atoms with E-state index in [0.717, 1.165) is 15.7 Å². The molecule has 0 radical (unpaired) electrons. The molecule has 1 fully saturated rings. The Morgan fingerprint density at radius 2 is 1.96 bits per heavy atom. The molecule has 5 nitrogen and oxygen atoms in total. The molecule has 0 bridgehead atoms. The first kappa shape index (κ1) is 19.6. The van der Waals surface area contributed by atoms with Gasteiger partial charge in [-0.1, -0.05) is 70.2 Å². The second kappa shape index (κ2) is 9.16. The standard InChI is InChI=1S/C19H16BrN3O2S2/c20-14-6-4-5-13(11-14)12-16-18(25)23(19(26)27-16)10-9-17(24)22-21-15-7-2-1-3-8-15/h1-8,11-12,21H,9-10H2,(H,22,24). The fourth-order valence-electron chi connectivity index (χ4n) is 2.38. The number of nitrogens with zero attached hydrogens (tertiary/aromatic N) is 1. The highest BCUT2D eigenvalue weighted by Gasteiger charge is 2.32. The van der Waals surface area contributed by atoms with E-state index in [0.29, 0.717) is 9.23 Å². The van der Waals surface area contributed by atoms with E-state index >= 15 is 0 Å². The van der Waals surface area contributed by atoms with Crippen LogP contribution in [-0.2, 0) is 9.59 Å². The van der Waals surface area contributed by atoms with Crippen LogP contribution in [0.2, 0.25) is 0 Å². The number of amides is 2. The minimum atomic E-state index is -0.219. The molecule has 8 heteroatoms. The van der Waals surface area contributed by atoms with Gasteiger partial charge in [0.1, 0.15) is 4.32 Å². The molecule has 0 aliphatic carbocycles. The van der Waals surface area contributed by atoms with Crippen molar-refractivity contribution in [3.63, 3.8) is 0 Å². The number of anilines is 1. The van der Waals surface area contributed by atoms with Gasteiger partial charge in [0, 0.05) is 17.4 Å². The Morgan fingerprint density at radius 1 is 1.19 bits per heavy atom. The summed E-state index contributed by atoms with van der Waals surface area (Å²) in [5.41, 5.74) is 7.14. The third-order valence-corrected chi connectivity index (χ3v) is 5.57. The summed E-state index contributed by atoms with van der Waals surface area (Å²) in [7, 11) is 0. The lowest BCUT2D eigenvalue weighted by molar-refractivity contribution is -0.123. The molecule has 1 aliphatic heterocycles. The Kier molecular flexibility index (Phi) is 6.65. The van der Waals surface area contributed by atoms with Gasteiger partial charge < -0.3 is 0 Å². The number of thioether (sulfide) groups is 1. The number of hydrazine groups is 1. The van der Waals surface area contributed by atoms with Crippen LogP contribution in [0.25, 0.3) is 6.08 Å². The van der Waals surface area contributed by atoms with Crippen molar-refractivity contribution < 1.29 is 9.59 Å². The second-order valence-corrected chi connectivity index (χ2v) is 8.27. The Balaban J connectivity index is 1.55. The molecule has 2 aromatic rings. The first-order valence-corrected chi connectivity index (χ1v) is 10.2. The molecule has 0 saturated carbocycles. The molecule has 0 aromatic heterocycles. The first-order chi connectivity index (χ1) is 13.0. The molecule has 0 atom stereocenters. The number of rotatable bonds is 6.